The predicted molar refractivity (Wildman–Crippen MR) is 103 cm³/mol. The number of morpholine rings is 1. The van der Waals surface area contributed by atoms with Gasteiger partial charge >= 0.3 is 6.03 Å². The highest BCUT2D eigenvalue weighted by molar-refractivity contribution is 7.90. The topological polar surface area (TPSA) is 79.0 Å². The van der Waals surface area contributed by atoms with Crippen molar-refractivity contribution in [2.24, 2.45) is 5.92 Å². The summed E-state index contributed by atoms with van der Waals surface area (Å²) < 4.78 is 33.6. The van der Waals surface area contributed by atoms with Crippen LogP contribution in [0.4, 0.5) is 10.5 Å². The quantitative estimate of drug-likeness (QED) is 0.825. The summed E-state index contributed by atoms with van der Waals surface area (Å²) in [6.07, 6.45) is 0.197. The number of amides is 2. The molecule has 1 N–H and O–H groups in total. The second-order valence-corrected chi connectivity index (χ2v) is 10.6. The van der Waals surface area contributed by atoms with Crippen molar-refractivity contribution in [1.82, 2.24) is 9.21 Å². The summed E-state index contributed by atoms with van der Waals surface area (Å²) in [5, 5.41) is 2.82. The molecule has 2 amide bonds. The molecule has 0 radical (unpaired) electrons. The number of nitrogens with zero attached hydrogens (tertiary/aromatic N) is 2. The van der Waals surface area contributed by atoms with Gasteiger partial charge in [-0.05, 0) is 30.5 Å². The highest BCUT2D eigenvalue weighted by Crippen LogP contribution is 2.46. The Morgan fingerprint density at radius 2 is 2.19 bits per heavy atom. The van der Waals surface area contributed by atoms with Crippen LogP contribution in [0.5, 0.6) is 0 Å². The first-order valence-electron chi connectivity index (χ1n) is 9.18. The van der Waals surface area contributed by atoms with Gasteiger partial charge in [-0.3, -0.25) is 0 Å². The normalized spacial score (nSPS) is 31.9. The molecule has 27 heavy (non-hydrogen) atoms. The molecule has 1 spiro atoms. The van der Waals surface area contributed by atoms with Crippen molar-refractivity contribution < 1.29 is 17.9 Å². The lowest BCUT2D eigenvalue weighted by molar-refractivity contribution is -0.0946. The van der Waals surface area contributed by atoms with Crippen molar-refractivity contribution in [3.05, 3.63) is 29.3 Å². The Morgan fingerprint density at radius 1 is 1.41 bits per heavy atom. The van der Waals surface area contributed by atoms with Crippen molar-refractivity contribution >= 4 is 33.3 Å². The maximum absolute atomic E-state index is 13.0. The van der Waals surface area contributed by atoms with Crippen LogP contribution in [0.3, 0.4) is 0 Å². The highest BCUT2D eigenvalue weighted by atomic mass is 35.5. The molecule has 1 aromatic rings. The van der Waals surface area contributed by atoms with Gasteiger partial charge in [0.05, 0.1) is 12.6 Å². The van der Waals surface area contributed by atoms with Crippen LogP contribution in [0.2, 0.25) is 5.02 Å². The van der Waals surface area contributed by atoms with Crippen LogP contribution in [-0.4, -0.2) is 66.8 Å². The van der Waals surface area contributed by atoms with Gasteiger partial charge in [-0.2, -0.15) is 4.31 Å². The molecule has 1 aromatic carbocycles. The fraction of sp³-hybridized carbons (Fsp3) is 0.611. The summed E-state index contributed by atoms with van der Waals surface area (Å²) in [5.41, 5.74) is -0.219. The lowest BCUT2D eigenvalue weighted by Gasteiger charge is -2.39. The third-order valence-electron chi connectivity index (χ3n) is 5.44. The zero-order valence-corrected chi connectivity index (χ0v) is 17.0. The Kier molecular flexibility index (Phi) is 4.65. The first-order valence-corrected chi connectivity index (χ1v) is 11.1. The van der Waals surface area contributed by atoms with E-state index in [9.17, 15) is 13.2 Å². The van der Waals surface area contributed by atoms with Gasteiger partial charge in [0.2, 0.25) is 10.0 Å². The fourth-order valence-electron chi connectivity index (χ4n) is 4.44. The average molecular weight is 414 g/mol. The maximum atomic E-state index is 13.0. The predicted octanol–water partition coefficient (Wildman–Crippen LogP) is 2.39. The fourth-order valence-corrected chi connectivity index (χ4v) is 7.10. The molecule has 3 aliphatic rings. The number of rotatable bonds is 3. The molecule has 0 unspecified atom stereocenters. The van der Waals surface area contributed by atoms with E-state index in [1.165, 1.54) is 4.31 Å². The lowest BCUT2D eigenvalue weighted by Crippen LogP contribution is -2.57. The van der Waals surface area contributed by atoms with Crippen molar-refractivity contribution in [2.45, 2.75) is 37.2 Å². The van der Waals surface area contributed by atoms with Crippen LogP contribution in [0, 0.1) is 5.92 Å². The molecule has 0 aliphatic carbocycles. The number of carbonyl (C=O) groups excluding carboxylic acids is 1. The van der Waals surface area contributed by atoms with E-state index in [4.69, 9.17) is 16.3 Å². The summed E-state index contributed by atoms with van der Waals surface area (Å²) in [4.78, 5) is 14.4. The number of halogens is 1. The van der Waals surface area contributed by atoms with Crippen LogP contribution >= 0.6 is 11.6 Å². The van der Waals surface area contributed by atoms with E-state index in [1.54, 1.807) is 29.2 Å². The second-order valence-electron chi connectivity index (χ2n) is 8.08. The molecule has 4 rings (SSSR count). The number of hydrogen-bond donors (Lipinski definition) is 1. The Bertz CT molecular complexity index is 862. The number of hydrogen-bond acceptors (Lipinski definition) is 4. The zero-order chi connectivity index (χ0) is 19.4. The Hall–Kier alpha value is -1.35. The minimum absolute atomic E-state index is 0.233. The smallest absolute Gasteiger partial charge is 0.322 e. The molecule has 3 fully saturated rings. The van der Waals surface area contributed by atoms with Crippen LogP contribution in [0.1, 0.15) is 20.3 Å². The minimum atomic E-state index is -3.40. The van der Waals surface area contributed by atoms with Crippen LogP contribution in [0.15, 0.2) is 24.3 Å². The summed E-state index contributed by atoms with van der Waals surface area (Å²) in [7, 11) is -3.40. The molecule has 3 saturated heterocycles. The number of carbonyl (C=O) groups is 1. The third-order valence-corrected chi connectivity index (χ3v) is 8.02. The standard InChI is InChI=1S/C18H24ClN3O4S/c1-12(2)8-22-11-18-10-21(9-15(26-18)7-16(18)27(22,24)25)17(23)20-14-5-3-4-13(19)6-14/h3-6,12,15-16H,7-11H2,1-2H3,(H,20,23)/t15-,16+,18+/m1/s1. The van der Waals surface area contributed by atoms with Crippen LogP contribution < -0.4 is 5.32 Å². The summed E-state index contributed by atoms with van der Waals surface area (Å²) in [6.45, 7) is 5.45. The largest absolute Gasteiger partial charge is 0.365 e. The van der Waals surface area contributed by atoms with Gasteiger partial charge < -0.3 is 15.0 Å². The molecule has 3 atom stereocenters. The molecule has 2 bridgehead atoms. The Balaban J connectivity index is 1.53. The van der Waals surface area contributed by atoms with Crippen molar-refractivity contribution in [1.29, 1.82) is 0 Å². The SMILES string of the molecule is CC(C)CN1C[C@@]23CN(C(=O)Nc4cccc(Cl)c4)C[C@@H](C[C@@H]2S1(=O)=O)O3. The van der Waals surface area contributed by atoms with Gasteiger partial charge in [0.25, 0.3) is 0 Å². The molecule has 3 heterocycles. The van der Waals surface area contributed by atoms with E-state index in [0.29, 0.717) is 36.8 Å². The summed E-state index contributed by atoms with van der Waals surface area (Å²) in [6, 6.07) is 6.70. The first-order chi connectivity index (χ1) is 12.7. The van der Waals surface area contributed by atoms with E-state index in [-0.39, 0.29) is 24.6 Å². The van der Waals surface area contributed by atoms with Crippen LogP contribution in [0.25, 0.3) is 0 Å². The van der Waals surface area contributed by atoms with Gasteiger partial charge in [0.15, 0.2) is 0 Å². The highest BCUT2D eigenvalue weighted by Gasteiger charge is 2.65. The Labute approximate surface area is 164 Å². The lowest BCUT2D eigenvalue weighted by atomic mass is 9.99. The molecule has 7 nitrogen and oxygen atoms in total. The molecular formula is C18H24ClN3O4S. The van der Waals surface area contributed by atoms with E-state index in [2.05, 4.69) is 5.32 Å². The molecule has 9 heteroatoms. The molecule has 148 valence electrons. The third kappa shape index (κ3) is 3.33. The maximum Gasteiger partial charge on any atom is 0.322 e. The van der Waals surface area contributed by atoms with Gasteiger partial charge in [-0.1, -0.05) is 31.5 Å². The van der Waals surface area contributed by atoms with E-state index < -0.39 is 20.9 Å². The minimum Gasteiger partial charge on any atom is -0.365 e. The molecule has 0 aromatic heterocycles. The number of likely N-dealkylation sites (tertiary alicyclic amines) is 1. The van der Waals surface area contributed by atoms with Crippen molar-refractivity contribution in [2.75, 3.05) is 31.5 Å². The number of sulfonamides is 1. The number of fused-ring (bicyclic) bond motifs is 1. The second kappa shape index (κ2) is 6.62. The van der Waals surface area contributed by atoms with Gasteiger partial charge in [0.1, 0.15) is 10.9 Å². The molecule has 0 saturated carbocycles. The average Bonchev–Trinajstić information content (AvgIpc) is 2.93. The van der Waals surface area contributed by atoms with Crippen molar-refractivity contribution in [3.63, 3.8) is 0 Å². The van der Waals surface area contributed by atoms with E-state index in [1.807, 2.05) is 13.8 Å². The van der Waals surface area contributed by atoms with Gasteiger partial charge in [-0.15, -0.1) is 0 Å². The molecular weight excluding hydrogens is 390 g/mol. The monoisotopic (exact) mass is 413 g/mol. The summed E-state index contributed by atoms with van der Waals surface area (Å²) in [5.74, 6) is 0.233. The van der Waals surface area contributed by atoms with E-state index in [0.717, 1.165) is 0 Å². The number of anilines is 1. The molecule has 3 aliphatic heterocycles. The van der Waals surface area contributed by atoms with Crippen LogP contribution in [-0.2, 0) is 14.8 Å². The summed E-state index contributed by atoms with van der Waals surface area (Å²) >= 11 is 5.97. The van der Waals surface area contributed by atoms with Crippen molar-refractivity contribution in [3.8, 4) is 0 Å². The number of ether oxygens (including phenoxy) is 1. The number of benzene rings is 1. The van der Waals surface area contributed by atoms with E-state index >= 15 is 0 Å². The zero-order valence-electron chi connectivity index (χ0n) is 15.4. The number of urea groups is 1. The van der Waals surface area contributed by atoms with Gasteiger partial charge in [0, 0.05) is 30.3 Å². The van der Waals surface area contributed by atoms with Gasteiger partial charge in [-0.25, -0.2) is 13.2 Å². The number of nitrogens with one attached hydrogen (secondary N) is 1. The first kappa shape index (κ1) is 19.0. The Morgan fingerprint density at radius 3 is 2.89 bits per heavy atom.